The lowest BCUT2D eigenvalue weighted by Crippen LogP contribution is -2.11. The zero-order valence-corrected chi connectivity index (χ0v) is 10.5. The lowest BCUT2D eigenvalue weighted by molar-refractivity contribution is 0.400. The summed E-state index contributed by atoms with van der Waals surface area (Å²) in [6.07, 6.45) is 1.84. The fraction of sp³-hybridized carbons (Fsp3) is 0.455. The number of methoxy groups -OCH3 is 1. The van der Waals surface area contributed by atoms with Gasteiger partial charge in [-0.3, -0.25) is 0 Å². The summed E-state index contributed by atoms with van der Waals surface area (Å²) in [7, 11) is 1.52. The van der Waals surface area contributed by atoms with E-state index in [0.29, 0.717) is 10.2 Å². The minimum absolute atomic E-state index is 0.109. The second kappa shape index (κ2) is 5.47. The molecular weight excluding hydrogens is 261 g/mol. The second-order valence-electron chi connectivity index (χ2n) is 3.40. The smallest absolute Gasteiger partial charge is 0.141 e. The Kier molecular flexibility index (Phi) is 4.54. The third-order valence-electron chi connectivity index (χ3n) is 2.27. The van der Waals surface area contributed by atoms with Gasteiger partial charge in [0.05, 0.1) is 11.6 Å². The van der Waals surface area contributed by atoms with Crippen molar-refractivity contribution >= 4 is 15.9 Å². The Bertz CT molecular complexity index is 344. The van der Waals surface area contributed by atoms with Crippen LogP contribution in [0.5, 0.6) is 5.75 Å². The minimum Gasteiger partial charge on any atom is -0.496 e. The maximum atomic E-state index is 13.2. The largest absolute Gasteiger partial charge is 0.496 e. The topological polar surface area (TPSA) is 35.2 Å². The average Bonchev–Trinajstić information content (AvgIpc) is 2.21. The predicted octanol–water partition coefficient (Wildman–Crippen LogP) is 3.40. The number of nitrogens with two attached hydrogens (primary N) is 1. The van der Waals surface area contributed by atoms with Gasteiger partial charge in [0, 0.05) is 17.7 Å². The van der Waals surface area contributed by atoms with Gasteiger partial charge >= 0.3 is 0 Å². The highest BCUT2D eigenvalue weighted by Crippen LogP contribution is 2.31. The van der Waals surface area contributed by atoms with Crippen molar-refractivity contribution in [3.8, 4) is 5.75 Å². The summed E-state index contributed by atoms with van der Waals surface area (Å²) in [6.45, 7) is 2.06. The molecule has 0 bridgehead atoms. The number of hydrogen-bond donors (Lipinski definition) is 1. The predicted molar refractivity (Wildman–Crippen MR) is 62.5 cm³/mol. The summed E-state index contributed by atoms with van der Waals surface area (Å²) in [5.41, 5.74) is 6.82. The van der Waals surface area contributed by atoms with Crippen LogP contribution >= 0.6 is 15.9 Å². The molecule has 0 spiro atoms. The highest BCUT2D eigenvalue weighted by molar-refractivity contribution is 9.10. The Hall–Kier alpha value is -0.610. The molecule has 1 atom stereocenters. The van der Waals surface area contributed by atoms with Crippen molar-refractivity contribution in [1.82, 2.24) is 0 Å². The standard InChI is InChI=1S/C11H15BrFNO/c1-3-4-10(14)7-5-8(12)9(13)6-11(7)15-2/h5-6,10H,3-4,14H2,1-2H3. The van der Waals surface area contributed by atoms with Gasteiger partial charge in [0.1, 0.15) is 11.6 Å². The van der Waals surface area contributed by atoms with Crippen molar-refractivity contribution in [2.45, 2.75) is 25.8 Å². The quantitative estimate of drug-likeness (QED) is 0.914. The highest BCUT2D eigenvalue weighted by atomic mass is 79.9. The van der Waals surface area contributed by atoms with Gasteiger partial charge in [-0.25, -0.2) is 4.39 Å². The van der Waals surface area contributed by atoms with E-state index in [-0.39, 0.29) is 11.9 Å². The molecule has 84 valence electrons. The summed E-state index contributed by atoms with van der Waals surface area (Å²) in [4.78, 5) is 0. The van der Waals surface area contributed by atoms with Gasteiger partial charge in [-0.1, -0.05) is 13.3 Å². The van der Waals surface area contributed by atoms with Crippen molar-refractivity contribution in [1.29, 1.82) is 0 Å². The van der Waals surface area contributed by atoms with Crippen molar-refractivity contribution in [3.05, 3.63) is 28.0 Å². The number of ether oxygens (including phenoxy) is 1. The molecule has 15 heavy (non-hydrogen) atoms. The van der Waals surface area contributed by atoms with Crippen LogP contribution < -0.4 is 10.5 Å². The Balaban J connectivity index is 3.09. The first kappa shape index (κ1) is 12.5. The van der Waals surface area contributed by atoms with E-state index in [9.17, 15) is 4.39 Å². The number of hydrogen-bond acceptors (Lipinski definition) is 2. The van der Waals surface area contributed by atoms with Crippen LogP contribution in [0.4, 0.5) is 4.39 Å². The molecule has 1 aromatic carbocycles. The maximum absolute atomic E-state index is 13.2. The molecule has 0 saturated carbocycles. The normalized spacial score (nSPS) is 12.6. The van der Waals surface area contributed by atoms with Crippen LogP contribution in [0.15, 0.2) is 16.6 Å². The van der Waals surface area contributed by atoms with E-state index in [0.717, 1.165) is 18.4 Å². The van der Waals surface area contributed by atoms with E-state index in [1.807, 2.05) is 0 Å². The van der Waals surface area contributed by atoms with Gasteiger partial charge in [0.15, 0.2) is 0 Å². The molecule has 2 N–H and O–H groups in total. The molecule has 0 fully saturated rings. The van der Waals surface area contributed by atoms with E-state index < -0.39 is 0 Å². The monoisotopic (exact) mass is 275 g/mol. The first-order valence-corrected chi connectivity index (χ1v) is 5.68. The van der Waals surface area contributed by atoms with Gasteiger partial charge in [-0.05, 0) is 28.4 Å². The van der Waals surface area contributed by atoms with Crippen LogP contribution in [-0.2, 0) is 0 Å². The Labute approximate surface area is 97.7 Å². The van der Waals surface area contributed by atoms with Gasteiger partial charge < -0.3 is 10.5 Å². The molecule has 0 aromatic heterocycles. The zero-order valence-electron chi connectivity index (χ0n) is 8.89. The van der Waals surface area contributed by atoms with Crippen LogP contribution in [0.25, 0.3) is 0 Å². The van der Waals surface area contributed by atoms with Crippen LogP contribution in [0.1, 0.15) is 31.4 Å². The van der Waals surface area contributed by atoms with Crippen LogP contribution in [0.3, 0.4) is 0 Å². The zero-order chi connectivity index (χ0) is 11.4. The van der Waals surface area contributed by atoms with Gasteiger partial charge in [0.2, 0.25) is 0 Å². The Morgan fingerprint density at radius 1 is 1.53 bits per heavy atom. The summed E-state index contributed by atoms with van der Waals surface area (Å²) in [6, 6.07) is 2.94. The maximum Gasteiger partial charge on any atom is 0.141 e. The molecule has 2 nitrogen and oxygen atoms in total. The molecule has 1 rings (SSSR count). The Morgan fingerprint density at radius 2 is 2.20 bits per heavy atom. The van der Waals surface area contributed by atoms with Crippen molar-refractivity contribution in [3.63, 3.8) is 0 Å². The first-order chi connectivity index (χ1) is 7.10. The van der Waals surface area contributed by atoms with Crippen molar-refractivity contribution in [2.24, 2.45) is 5.73 Å². The number of halogens is 2. The van der Waals surface area contributed by atoms with Crippen LogP contribution in [0, 0.1) is 5.82 Å². The third-order valence-corrected chi connectivity index (χ3v) is 2.88. The van der Waals surface area contributed by atoms with Gasteiger partial charge in [-0.15, -0.1) is 0 Å². The minimum atomic E-state index is -0.334. The summed E-state index contributed by atoms with van der Waals surface area (Å²) >= 11 is 3.14. The number of benzene rings is 1. The fourth-order valence-corrected chi connectivity index (χ4v) is 1.84. The number of rotatable bonds is 4. The lowest BCUT2D eigenvalue weighted by Gasteiger charge is -2.15. The SMILES string of the molecule is CCCC(N)c1cc(Br)c(F)cc1OC. The molecular formula is C11H15BrFNO. The van der Waals surface area contributed by atoms with Gasteiger partial charge in [-0.2, -0.15) is 0 Å². The molecule has 4 heteroatoms. The highest BCUT2D eigenvalue weighted by Gasteiger charge is 2.14. The molecule has 0 heterocycles. The van der Waals surface area contributed by atoms with Crippen molar-refractivity contribution in [2.75, 3.05) is 7.11 Å². The fourth-order valence-electron chi connectivity index (χ4n) is 1.48. The van der Waals surface area contributed by atoms with Crippen molar-refractivity contribution < 1.29 is 9.13 Å². The van der Waals surface area contributed by atoms with E-state index >= 15 is 0 Å². The molecule has 1 aromatic rings. The summed E-state index contributed by atoms with van der Waals surface area (Å²) in [5.74, 6) is 0.177. The molecule has 0 saturated heterocycles. The van der Waals surface area contributed by atoms with E-state index in [4.69, 9.17) is 10.5 Å². The van der Waals surface area contributed by atoms with Crippen LogP contribution in [0.2, 0.25) is 0 Å². The molecule has 0 amide bonds. The van der Waals surface area contributed by atoms with Crippen LogP contribution in [-0.4, -0.2) is 7.11 Å². The lowest BCUT2D eigenvalue weighted by atomic mass is 10.0. The molecule has 0 aliphatic carbocycles. The average molecular weight is 276 g/mol. The van der Waals surface area contributed by atoms with Gasteiger partial charge in [0.25, 0.3) is 0 Å². The molecule has 1 unspecified atom stereocenters. The second-order valence-corrected chi connectivity index (χ2v) is 4.26. The third kappa shape index (κ3) is 2.92. The van der Waals surface area contributed by atoms with E-state index in [1.165, 1.54) is 13.2 Å². The van der Waals surface area contributed by atoms with E-state index in [2.05, 4.69) is 22.9 Å². The molecule has 0 radical (unpaired) electrons. The summed E-state index contributed by atoms with van der Waals surface area (Å²) in [5, 5.41) is 0. The molecule has 0 aliphatic rings. The van der Waals surface area contributed by atoms with E-state index in [1.54, 1.807) is 6.07 Å². The molecule has 0 aliphatic heterocycles. The Morgan fingerprint density at radius 3 is 2.73 bits per heavy atom. The summed E-state index contributed by atoms with van der Waals surface area (Å²) < 4.78 is 18.8. The first-order valence-electron chi connectivity index (χ1n) is 4.88.